The number of allylic oxidation sites excluding steroid dienone is 1. The molecule has 0 fully saturated rings. The van der Waals surface area contributed by atoms with Crippen LogP contribution in [0.3, 0.4) is 0 Å². The molecule has 0 amide bonds. The van der Waals surface area contributed by atoms with Crippen LogP contribution in [0.25, 0.3) is 73.3 Å². The van der Waals surface area contributed by atoms with Crippen molar-refractivity contribution in [2.24, 2.45) is 0 Å². The average molecular weight is 590 g/mol. The van der Waals surface area contributed by atoms with E-state index >= 15 is 0 Å². The number of pyridine rings is 1. The predicted molar refractivity (Wildman–Crippen MR) is 188 cm³/mol. The lowest BCUT2D eigenvalue weighted by molar-refractivity contribution is 1.18. The fourth-order valence-electron chi connectivity index (χ4n) is 6.12. The summed E-state index contributed by atoms with van der Waals surface area (Å²) in [5.41, 5.74) is 11.2. The number of hydrogen-bond donors (Lipinski definition) is 2. The highest BCUT2D eigenvalue weighted by molar-refractivity contribution is 6.54. The van der Waals surface area contributed by atoms with Crippen molar-refractivity contribution >= 4 is 28.4 Å². The summed E-state index contributed by atoms with van der Waals surface area (Å²) < 4.78 is 0. The number of nitrogens with zero attached hydrogens (tertiary/aromatic N) is 3. The Bertz CT molecular complexity index is 2250. The highest BCUT2D eigenvalue weighted by atomic mass is 14.9. The third kappa shape index (κ3) is 4.71. The molecule has 1 aliphatic rings. The molecule has 2 N–H and O–H groups in total. The summed E-state index contributed by atoms with van der Waals surface area (Å²) in [4.78, 5) is 15.4. The van der Waals surface area contributed by atoms with E-state index < -0.39 is 0 Å². The molecule has 0 bridgehead atoms. The minimum absolute atomic E-state index is 0.200. The zero-order valence-electron chi connectivity index (χ0n) is 24.8. The van der Waals surface area contributed by atoms with Crippen LogP contribution in [0.5, 0.6) is 0 Å². The van der Waals surface area contributed by atoms with E-state index in [4.69, 9.17) is 25.8 Å². The normalized spacial score (nSPS) is 12.3. The summed E-state index contributed by atoms with van der Waals surface area (Å²) in [5, 5.41) is 17.9. The molecule has 7 aromatic rings. The molecule has 5 aromatic carbocycles. The zero-order chi connectivity index (χ0) is 31.0. The van der Waals surface area contributed by atoms with Gasteiger partial charge in [-0.3, -0.25) is 10.8 Å². The van der Waals surface area contributed by atoms with Gasteiger partial charge in [0.25, 0.3) is 0 Å². The molecule has 5 heteroatoms. The van der Waals surface area contributed by atoms with Gasteiger partial charge in [-0.15, -0.1) is 0 Å². The van der Waals surface area contributed by atoms with E-state index in [2.05, 4.69) is 48.5 Å². The highest BCUT2D eigenvalue weighted by Crippen LogP contribution is 2.41. The number of aromatic nitrogens is 3. The first-order valence-corrected chi connectivity index (χ1v) is 15.1. The van der Waals surface area contributed by atoms with Gasteiger partial charge in [0, 0.05) is 44.3 Å². The van der Waals surface area contributed by atoms with Gasteiger partial charge in [0.15, 0.2) is 5.82 Å². The Labute approximate surface area is 266 Å². The second-order valence-electron chi connectivity index (χ2n) is 11.2. The maximum absolute atomic E-state index is 8.74. The Hall–Kier alpha value is -6.33. The summed E-state index contributed by atoms with van der Waals surface area (Å²) >= 11 is 0. The molecule has 0 aliphatic heterocycles. The van der Waals surface area contributed by atoms with Crippen molar-refractivity contribution in [2.45, 2.75) is 0 Å². The Morgan fingerprint density at radius 2 is 0.891 bits per heavy atom. The average Bonchev–Trinajstić information content (AvgIpc) is 3.13. The smallest absolute Gasteiger partial charge is 0.160 e. The van der Waals surface area contributed by atoms with Crippen molar-refractivity contribution < 1.29 is 0 Å². The lowest BCUT2D eigenvalue weighted by atomic mass is 9.87. The van der Waals surface area contributed by atoms with Crippen LogP contribution in [0.15, 0.2) is 146 Å². The molecule has 0 unspecified atom stereocenters. The zero-order valence-corrected chi connectivity index (χ0v) is 24.8. The third-order valence-electron chi connectivity index (χ3n) is 8.35. The molecule has 46 heavy (non-hydrogen) atoms. The van der Waals surface area contributed by atoms with E-state index in [1.165, 1.54) is 0 Å². The molecule has 5 nitrogen and oxygen atoms in total. The monoisotopic (exact) mass is 589 g/mol. The number of nitrogens with one attached hydrogen (secondary N) is 2. The molecule has 0 radical (unpaired) electrons. The van der Waals surface area contributed by atoms with Gasteiger partial charge >= 0.3 is 0 Å². The van der Waals surface area contributed by atoms with Crippen LogP contribution in [0.2, 0.25) is 0 Å². The molecule has 2 aromatic heterocycles. The quantitative estimate of drug-likeness (QED) is 0.210. The second-order valence-corrected chi connectivity index (χ2v) is 11.2. The molecule has 0 spiro atoms. The Kier molecular flexibility index (Phi) is 6.69. The molecule has 8 rings (SSSR count). The molecular weight excluding hydrogens is 562 g/mol. The van der Waals surface area contributed by atoms with Gasteiger partial charge in [0.05, 0.1) is 34.0 Å². The largest absolute Gasteiger partial charge is 0.299 e. The van der Waals surface area contributed by atoms with Crippen LogP contribution in [0, 0.1) is 10.8 Å². The van der Waals surface area contributed by atoms with Gasteiger partial charge in [-0.2, -0.15) is 0 Å². The van der Waals surface area contributed by atoms with Crippen LogP contribution >= 0.6 is 0 Å². The van der Waals surface area contributed by atoms with Crippen LogP contribution in [0.1, 0.15) is 11.1 Å². The maximum Gasteiger partial charge on any atom is 0.160 e. The Morgan fingerprint density at radius 1 is 0.391 bits per heavy atom. The van der Waals surface area contributed by atoms with E-state index in [9.17, 15) is 0 Å². The minimum atomic E-state index is 0.200. The number of fused-ring (bicyclic) bond motifs is 3. The van der Waals surface area contributed by atoms with Gasteiger partial charge in [0.1, 0.15) is 0 Å². The maximum atomic E-state index is 8.74. The lowest BCUT2D eigenvalue weighted by Crippen LogP contribution is -2.17. The third-order valence-corrected chi connectivity index (χ3v) is 8.35. The highest BCUT2D eigenvalue weighted by Gasteiger charge is 2.24. The number of para-hydroxylation sites is 1. The molecule has 0 saturated heterocycles. The summed E-state index contributed by atoms with van der Waals surface area (Å²) in [6, 6.07) is 46.9. The Balaban J connectivity index is 1.35. The van der Waals surface area contributed by atoms with Gasteiger partial charge < -0.3 is 0 Å². The van der Waals surface area contributed by atoms with Crippen LogP contribution in [-0.4, -0.2) is 26.4 Å². The topological polar surface area (TPSA) is 86.4 Å². The van der Waals surface area contributed by atoms with Crippen LogP contribution in [0.4, 0.5) is 0 Å². The summed E-state index contributed by atoms with van der Waals surface area (Å²) in [6.45, 7) is 0. The molecule has 1 aliphatic carbocycles. The Morgan fingerprint density at radius 3 is 1.50 bits per heavy atom. The van der Waals surface area contributed by atoms with Crippen molar-refractivity contribution in [3.63, 3.8) is 0 Å². The second kappa shape index (κ2) is 11.3. The molecular formula is C41H27N5. The fourth-order valence-corrected chi connectivity index (χ4v) is 6.12. The van der Waals surface area contributed by atoms with Crippen LogP contribution < -0.4 is 0 Å². The van der Waals surface area contributed by atoms with E-state index in [0.29, 0.717) is 5.82 Å². The first-order valence-electron chi connectivity index (χ1n) is 15.1. The van der Waals surface area contributed by atoms with E-state index in [1.807, 2.05) is 97.1 Å². The van der Waals surface area contributed by atoms with Crippen molar-refractivity contribution in [2.75, 3.05) is 0 Å². The summed E-state index contributed by atoms with van der Waals surface area (Å²) in [7, 11) is 0. The first kappa shape index (κ1) is 27.2. The molecule has 216 valence electrons. The van der Waals surface area contributed by atoms with Crippen molar-refractivity contribution in [3.8, 4) is 56.3 Å². The summed E-state index contributed by atoms with van der Waals surface area (Å²) in [5.74, 6) is 0.672. The van der Waals surface area contributed by atoms with Gasteiger partial charge in [-0.1, -0.05) is 133 Å². The number of hydrogen-bond acceptors (Lipinski definition) is 5. The molecule has 0 saturated carbocycles. The van der Waals surface area contributed by atoms with Crippen LogP contribution in [-0.2, 0) is 0 Å². The van der Waals surface area contributed by atoms with Crippen molar-refractivity contribution in [3.05, 3.63) is 157 Å². The first-order chi connectivity index (χ1) is 22.7. The van der Waals surface area contributed by atoms with E-state index in [1.54, 1.807) is 6.08 Å². The van der Waals surface area contributed by atoms with Crippen molar-refractivity contribution in [1.82, 2.24) is 15.0 Å². The van der Waals surface area contributed by atoms with Gasteiger partial charge in [0.2, 0.25) is 0 Å². The number of benzene rings is 5. The SMILES string of the molecule is N=C1C=Cc2c(-c3ccc(-c4c(-c5ccccc5)nc(-c5ccccc5)nc4-c4ccccc4)cc3)nc3ccccc3c2C1=N. The van der Waals surface area contributed by atoms with Crippen molar-refractivity contribution in [1.29, 1.82) is 10.8 Å². The van der Waals surface area contributed by atoms with Gasteiger partial charge in [-0.25, -0.2) is 15.0 Å². The van der Waals surface area contributed by atoms with E-state index in [-0.39, 0.29) is 11.4 Å². The van der Waals surface area contributed by atoms with Gasteiger partial charge in [-0.05, 0) is 23.8 Å². The summed E-state index contributed by atoms with van der Waals surface area (Å²) in [6.07, 6.45) is 3.60. The molecule has 0 atom stereocenters. The lowest BCUT2D eigenvalue weighted by Gasteiger charge is -2.19. The molecule has 2 heterocycles. The standard InChI is InChI=1S/C41H27N5/c42-33-25-24-32-36(37(33)43)31-18-10-11-19-34(31)44-38(32)29-22-20-26(21-23-29)35-39(27-12-4-1-5-13-27)45-41(30-16-8-3-9-17-30)46-40(35)28-14-6-2-7-15-28/h1-25,42-43H. The minimum Gasteiger partial charge on any atom is -0.299 e. The fraction of sp³-hybridized carbons (Fsp3) is 0. The number of rotatable bonds is 5. The predicted octanol–water partition coefficient (Wildman–Crippen LogP) is 9.77. The van der Waals surface area contributed by atoms with E-state index in [0.717, 1.165) is 72.5 Å².